The standard InChI is InChI=1S/C16H14F4N2OS/c1-23-14-7-6-10(8-12(14)17)9-24-15(21)22-13-5-3-2-4-11(13)16(18,19)20/h2-8H,9H2,1H3,(H2,21,22). The fourth-order valence-electron chi connectivity index (χ4n) is 1.92. The Bertz CT molecular complexity index is 747. The predicted octanol–water partition coefficient (Wildman–Crippen LogP) is 4.73. The van der Waals surface area contributed by atoms with E-state index in [0.29, 0.717) is 5.56 Å². The molecular formula is C16H14F4N2OS. The largest absolute Gasteiger partial charge is 0.494 e. The van der Waals surface area contributed by atoms with Crippen molar-refractivity contribution >= 4 is 22.6 Å². The molecule has 0 aliphatic carbocycles. The van der Waals surface area contributed by atoms with Crippen LogP contribution in [-0.2, 0) is 11.9 Å². The van der Waals surface area contributed by atoms with Gasteiger partial charge in [-0.15, -0.1) is 0 Å². The number of hydrogen-bond donors (Lipinski definition) is 1. The van der Waals surface area contributed by atoms with Gasteiger partial charge in [-0.05, 0) is 29.8 Å². The van der Waals surface area contributed by atoms with E-state index < -0.39 is 17.6 Å². The lowest BCUT2D eigenvalue weighted by Gasteiger charge is -2.10. The van der Waals surface area contributed by atoms with Crippen molar-refractivity contribution in [2.45, 2.75) is 11.9 Å². The van der Waals surface area contributed by atoms with Gasteiger partial charge in [0.25, 0.3) is 0 Å². The minimum atomic E-state index is -4.51. The van der Waals surface area contributed by atoms with E-state index in [1.165, 1.54) is 37.4 Å². The molecule has 0 saturated heterocycles. The topological polar surface area (TPSA) is 47.6 Å². The molecule has 0 spiro atoms. The lowest BCUT2D eigenvalue weighted by atomic mass is 10.2. The van der Waals surface area contributed by atoms with Crippen LogP contribution in [0.25, 0.3) is 0 Å². The number of hydrogen-bond acceptors (Lipinski definition) is 3. The molecule has 2 rings (SSSR count). The van der Waals surface area contributed by atoms with Gasteiger partial charge in [0, 0.05) is 5.75 Å². The molecule has 0 amide bonds. The highest BCUT2D eigenvalue weighted by molar-refractivity contribution is 8.13. The van der Waals surface area contributed by atoms with E-state index in [1.807, 2.05) is 0 Å². The molecular weight excluding hydrogens is 344 g/mol. The average molecular weight is 358 g/mol. The van der Waals surface area contributed by atoms with Gasteiger partial charge in [-0.3, -0.25) is 0 Å². The van der Waals surface area contributed by atoms with E-state index in [9.17, 15) is 17.6 Å². The maximum absolute atomic E-state index is 13.6. The van der Waals surface area contributed by atoms with Crippen molar-refractivity contribution in [2.75, 3.05) is 7.11 Å². The van der Waals surface area contributed by atoms with Crippen LogP contribution in [0.15, 0.2) is 47.5 Å². The van der Waals surface area contributed by atoms with E-state index in [-0.39, 0.29) is 22.4 Å². The molecule has 2 aromatic rings. The van der Waals surface area contributed by atoms with Crippen LogP contribution in [0.2, 0.25) is 0 Å². The van der Waals surface area contributed by atoms with Crippen molar-refractivity contribution in [3.63, 3.8) is 0 Å². The quantitative estimate of drug-likeness (QED) is 0.488. The van der Waals surface area contributed by atoms with Gasteiger partial charge in [0.1, 0.15) is 0 Å². The van der Waals surface area contributed by atoms with Crippen molar-refractivity contribution in [1.29, 1.82) is 0 Å². The van der Waals surface area contributed by atoms with E-state index in [4.69, 9.17) is 10.5 Å². The molecule has 0 radical (unpaired) electrons. The molecule has 0 fully saturated rings. The Kier molecular flexibility index (Phi) is 5.71. The van der Waals surface area contributed by atoms with E-state index in [2.05, 4.69) is 4.99 Å². The third-order valence-electron chi connectivity index (χ3n) is 3.04. The van der Waals surface area contributed by atoms with Crippen molar-refractivity contribution in [3.05, 3.63) is 59.4 Å². The summed E-state index contributed by atoms with van der Waals surface area (Å²) in [6, 6.07) is 9.31. The van der Waals surface area contributed by atoms with Crippen LogP contribution in [0.5, 0.6) is 5.75 Å². The van der Waals surface area contributed by atoms with Crippen LogP contribution < -0.4 is 10.5 Å². The van der Waals surface area contributed by atoms with E-state index >= 15 is 0 Å². The van der Waals surface area contributed by atoms with Crippen molar-refractivity contribution < 1.29 is 22.3 Å². The highest BCUT2D eigenvalue weighted by Gasteiger charge is 2.33. The first kappa shape index (κ1) is 18.1. The second-order valence-corrected chi connectivity index (χ2v) is 5.72. The first-order valence-corrected chi connectivity index (χ1v) is 7.75. The zero-order chi connectivity index (χ0) is 17.7. The van der Waals surface area contributed by atoms with Crippen LogP contribution in [0, 0.1) is 5.82 Å². The zero-order valence-corrected chi connectivity index (χ0v) is 13.4. The fraction of sp³-hybridized carbons (Fsp3) is 0.188. The zero-order valence-electron chi connectivity index (χ0n) is 12.6. The average Bonchev–Trinajstić information content (AvgIpc) is 2.52. The number of methoxy groups -OCH3 is 1. The van der Waals surface area contributed by atoms with Crippen LogP contribution in [0.1, 0.15) is 11.1 Å². The number of amidine groups is 1. The molecule has 3 nitrogen and oxygen atoms in total. The number of aliphatic imine (C=N–C) groups is 1. The number of para-hydroxylation sites is 1. The molecule has 2 aromatic carbocycles. The van der Waals surface area contributed by atoms with Gasteiger partial charge in [0.15, 0.2) is 16.7 Å². The number of thioether (sulfide) groups is 1. The second-order valence-electron chi connectivity index (χ2n) is 4.72. The van der Waals surface area contributed by atoms with Gasteiger partial charge in [-0.1, -0.05) is 30.0 Å². The molecule has 0 aromatic heterocycles. The van der Waals surface area contributed by atoms with Crippen LogP contribution >= 0.6 is 11.8 Å². The Balaban J connectivity index is 2.12. The minimum absolute atomic E-state index is 0.0390. The molecule has 0 heterocycles. The van der Waals surface area contributed by atoms with Crippen molar-refractivity contribution in [1.82, 2.24) is 0 Å². The van der Waals surface area contributed by atoms with Gasteiger partial charge in [-0.2, -0.15) is 13.2 Å². The maximum atomic E-state index is 13.6. The Morgan fingerprint density at radius 3 is 2.54 bits per heavy atom. The maximum Gasteiger partial charge on any atom is 0.418 e. The minimum Gasteiger partial charge on any atom is -0.494 e. The molecule has 0 bridgehead atoms. The summed E-state index contributed by atoms with van der Waals surface area (Å²) in [7, 11) is 1.36. The Morgan fingerprint density at radius 1 is 1.21 bits per heavy atom. The Hall–Kier alpha value is -2.22. The van der Waals surface area contributed by atoms with Crippen LogP contribution in [0.4, 0.5) is 23.2 Å². The summed E-state index contributed by atoms with van der Waals surface area (Å²) >= 11 is 1.02. The van der Waals surface area contributed by atoms with E-state index in [0.717, 1.165) is 17.8 Å². The van der Waals surface area contributed by atoms with Crippen molar-refractivity contribution in [3.8, 4) is 5.75 Å². The molecule has 0 aliphatic heterocycles. The predicted molar refractivity (Wildman–Crippen MR) is 87.0 cm³/mol. The highest BCUT2D eigenvalue weighted by Crippen LogP contribution is 2.36. The summed E-state index contributed by atoms with van der Waals surface area (Å²) in [4.78, 5) is 3.82. The number of alkyl halides is 3. The summed E-state index contributed by atoms with van der Waals surface area (Å²) in [5.41, 5.74) is 5.19. The third kappa shape index (κ3) is 4.64. The van der Waals surface area contributed by atoms with Crippen LogP contribution in [-0.4, -0.2) is 12.3 Å². The summed E-state index contributed by atoms with van der Waals surface area (Å²) in [5.74, 6) is -0.136. The van der Waals surface area contributed by atoms with Crippen molar-refractivity contribution in [2.24, 2.45) is 10.7 Å². The van der Waals surface area contributed by atoms with Gasteiger partial charge in [0.05, 0.1) is 18.4 Å². The molecule has 0 atom stereocenters. The molecule has 0 unspecified atom stereocenters. The summed E-state index contributed by atoms with van der Waals surface area (Å²) in [5, 5.41) is -0.0390. The molecule has 2 N–H and O–H groups in total. The first-order chi connectivity index (χ1) is 11.3. The van der Waals surface area contributed by atoms with Gasteiger partial charge in [0.2, 0.25) is 0 Å². The van der Waals surface area contributed by atoms with E-state index in [1.54, 1.807) is 6.07 Å². The van der Waals surface area contributed by atoms with Gasteiger partial charge in [-0.25, -0.2) is 9.38 Å². The van der Waals surface area contributed by atoms with Gasteiger partial charge < -0.3 is 10.5 Å². The molecule has 8 heteroatoms. The fourth-order valence-corrected chi connectivity index (χ4v) is 2.58. The normalized spacial score (nSPS) is 12.3. The number of nitrogens with zero attached hydrogens (tertiary/aromatic N) is 1. The Morgan fingerprint density at radius 2 is 1.92 bits per heavy atom. The number of halogens is 4. The number of ether oxygens (including phenoxy) is 1. The third-order valence-corrected chi connectivity index (χ3v) is 3.91. The van der Waals surface area contributed by atoms with Gasteiger partial charge >= 0.3 is 6.18 Å². The molecule has 128 valence electrons. The summed E-state index contributed by atoms with van der Waals surface area (Å²) < 4.78 is 57.1. The lowest BCUT2D eigenvalue weighted by Crippen LogP contribution is -2.09. The SMILES string of the molecule is COc1ccc(CSC(N)=Nc2ccccc2C(F)(F)F)cc1F. The highest BCUT2D eigenvalue weighted by atomic mass is 32.2. The monoisotopic (exact) mass is 358 g/mol. The number of nitrogens with two attached hydrogens (primary N) is 1. The summed E-state index contributed by atoms with van der Waals surface area (Å²) in [6.45, 7) is 0. The van der Waals surface area contributed by atoms with Crippen LogP contribution in [0.3, 0.4) is 0 Å². The molecule has 0 saturated carbocycles. The molecule has 0 aliphatic rings. The lowest BCUT2D eigenvalue weighted by molar-refractivity contribution is -0.137. The number of rotatable bonds is 4. The molecule has 24 heavy (non-hydrogen) atoms. The Labute approximate surface area is 140 Å². The second kappa shape index (κ2) is 7.57. The first-order valence-electron chi connectivity index (χ1n) is 6.77. The summed E-state index contributed by atoms with van der Waals surface area (Å²) in [6.07, 6.45) is -4.51. The smallest absolute Gasteiger partial charge is 0.418 e. The number of benzene rings is 2.